The lowest BCUT2D eigenvalue weighted by Crippen LogP contribution is -2.14. The van der Waals surface area contributed by atoms with E-state index in [0.717, 1.165) is 11.3 Å². The quantitative estimate of drug-likeness (QED) is 0.851. The van der Waals surface area contributed by atoms with E-state index in [4.69, 9.17) is 0 Å². The summed E-state index contributed by atoms with van der Waals surface area (Å²) in [5.74, 6) is -1.13. The molecule has 0 saturated heterocycles. The van der Waals surface area contributed by atoms with Crippen LogP contribution >= 0.6 is 11.3 Å². The molecule has 0 aliphatic heterocycles. The molecule has 0 aliphatic rings. The Hall–Kier alpha value is -1.88. The molecule has 2 aromatic rings. The van der Waals surface area contributed by atoms with Crippen LogP contribution in [0.5, 0.6) is 0 Å². The smallest absolute Gasteiger partial charge is 0.352 e. The maximum absolute atomic E-state index is 11.4. The van der Waals surface area contributed by atoms with Crippen molar-refractivity contribution in [2.75, 3.05) is 0 Å². The van der Waals surface area contributed by atoms with E-state index < -0.39 is 5.97 Å². The molecule has 1 N–H and O–H groups in total. The van der Waals surface area contributed by atoms with Crippen molar-refractivity contribution in [2.45, 2.75) is 26.3 Å². The number of aromatic nitrogens is 1. The average molecular weight is 277 g/mol. The largest absolute Gasteiger partial charge is 0.477 e. The molecule has 1 atom stereocenters. The van der Waals surface area contributed by atoms with Crippen LogP contribution in [0.2, 0.25) is 0 Å². The molecule has 0 fully saturated rings. The minimum atomic E-state index is -1.01. The molecular weight excluding hydrogens is 262 g/mol. The fourth-order valence-electron chi connectivity index (χ4n) is 2.12. The summed E-state index contributed by atoms with van der Waals surface area (Å²) < 4.78 is 1.69. The first kappa shape index (κ1) is 13.5. The van der Waals surface area contributed by atoms with Crippen molar-refractivity contribution >= 4 is 23.1 Å². The van der Waals surface area contributed by atoms with Crippen LogP contribution in [0, 0.1) is 0 Å². The summed E-state index contributed by atoms with van der Waals surface area (Å²) in [7, 11) is 0. The molecule has 0 aliphatic carbocycles. The first-order chi connectivity index (χ1) is 9.04. The summed E-state index contributed by atoms with van der Waals surface area (Å²) in [6, 6.07) is 5.33. The van der Waals surface area contributed by atoms with E-state index in [-0.39, 0.29) is 17.5 Å². The minimum Gasteiger partial charge on any atom is -0.477 e. The third-order valence-electron chi connectivity index (χ3n) is 3.07. The maximum atomic E-state index is 11.4. The average Bonchev–Trinajstić information content (AvgIpc) is 2.98. The molecule has 4 nitrogen and oxygen atoms in total. The molecule has 2 aromatic heterocycles. The van der Waals surface area contributed by atoms with Gasteiger partial charge in [-0.05, 0) is 30.9 Å². The molecule has 0 saturated carbocycles. The molecule has 0 bridgehead atoms. The van der Waals surface area contributed by atoms with E-state index in [0.29, 0.717) is 5.56 Å². The van der Waals surface area contributed by atoms with Gasteiger partial charge in [0.1, 0.15) is 5.69 Å². The third kappa shape index (κ3) is 2.61. The molecule has 100 valence electrons. The molecule has 2 heterocycles. The summed E-state index contributed by atoms with van der Waals surface area (Å²) in [4.78, 5) is 23.8. The highest BCUT2D eigenvalue weighted by atomic mass is 32.1. The predicted octanol–water partition coefficient (Wildman–Crippen LogP) is 3.45. The number of carboxylic acid groups (broad SMARTS) is 1. The molecule has 19 heavy (non-hydrogen) atoms. The van der Waals surface area contributed by atoms with E-state index in [1.165, 1.54) is 13.0 Å². The summed E-state index contributed by atoms with van der Waals surface area (Å²) in [6.45, 7) is 3.45. The lowest BCUT2D eigenvalue weighted by Gasteiger charge is -2.17. The van der Waals surface area contributed by atoms with E-state index >= 15 is 0 Å². The molecule has 0 aromatic carbocycles. The summed E-state index contributed by atoms with van der Waals surface area (Å²) in [6.07, 6.45) is 2.41. The first-order valence-electron chi connectivity index (χ1n) is 6.04. The van der Waals surface area contributed by atoms with Gasteiger partial charge < -0.3 is 9.67 Å². The number of rotatable bonds is 5. The van der Waals surface area contributed by atoms with Gasteiger partial charge >= 0.3 is 5.97 Å². The zero-order chi connectivity index (χ0) is 14.0. The second-order valence-electron chi connectivity index (χ2n) is 4.32. The van der Waals surface area contributed by atoms with Gasteiger partial charge in [-0.25, -0.2) is 4.79 Å². The Kier molecular flexibility index (Phi) is 3.85. The van der Waals surface area contributed by atoms with Crippen LogP contribution in [-0.4, -0.2) is 21.4 Å². The Morgan fingerprint density at radius 1 is 1.47 bits per heavy atom. The van der Waals surface area contributed by atoms with Gasteiger partial charge in [-0.3, -0.25) is 4.79 Å². The van der Waals surface area contributed by atoms with Gasteiger partial charge in [-0.2, -0.15) is 0 Å². The Morgan fingerprint density at radius 3 is 2.68 bits per heavy atom. The Balaban J connectivity index is 2.53. The Morgan fingerprint density at radius 2 is 2.21 bits per heavy atom. The third-order valence-corrected chi connectivity index (χ3v) is 4.04. The van der Waals surface area contributed by atoms with Crippen molar-refractivity contribution in [3.05, 3.63) is 45.9 Å². The number of ketones is 1. The van der Waals surface area contributed by atoms with Crippen molar-refractivity contribution in [1.29, 1.82) is 0 Å². The number of aromatic carboxylic acids is 1. The highest BCUT2D eigenvalue weighted by molar-refractivity contribution is 7.10. The fraction of sp³-hybridized carbons (Fsp3) is 0.286. The van der Waals surface area contributed by atoms with Crippen molar-refractivity contribution < 1.29 is 14.7 Å². The molecule has 2 rings (SSSR count). The van der Waals surface area contributed by atoms with E-state index in [1.807, 2.05) is 24.4 Å². The number of carboxylic acids is 1. The monoisotopic (exact) mass is 277 g/mol. The standard InChI is InChI=1S/C14H15NO3S/c1-3-11(13-5-4-6-19-13)15-8-10(9(2)16)7-12(15)14(17)18/h4-8,11H,3H2,1-2H3,(H,17,18). The summed E-state index contributed by atoms with van der Waals surface area (Å²) in [5, 5.41) is 11.2. The van der Waals surface area contributed by atoms with Crippen LogP contribution in [0.3, 0.4) is 0 Å². The van der Waals surface area contributed by atoms with Crippen LogP contribution in [-0.2, 0) is 0 Å². The van der Waals surface area contributed by atoms with Crippen molar-refractivity contribution in [3.63, 3.8) is 0 Å². The van der Waals surface area contributed by atoms with Crippen molar-refractivity contribution in [2.24, 2.45) is 0 Å². The molecule has 0 amide bonds. The van der Waals surface area contributed by atoms with Gasteiger partial charge in [0.05, 0.1) is 6.04 Å². The summed E-state index contributed by atoms with van der Waals surface area (Å²) >= 11 is 1.59. The molecule has 1 unspecified atom stereocenters. The molecular formula is C14H15NO3S. The normalized spacial score (nSPS) is 12.3. The number of thiophene rings is 1. The number of nitrogens with zero attached hydrogens (tertiary/aromatic N) is 1. The van der Waals surface area contributed by atoms with Crippen LogP contribution in [0.1, 0.15) is 52.0 Å². The zero-order valence-corrected chi connectivity index (χ0v) is 11.6. The number of hydrogen-bond acceptors (Lipinski definition) is 3. The highest BCUT2D eigenvalue weighted by Crippen LogP contribution is 2.28. The molecule has 0 spiro atoms. The van der Waals surface area contributed by atoms with E-state index in [1.54, 1.807) is 22.1 Å². The Labute approximate surface area is 115 Å². The predicted molar refractivity (Wildman–Crippen MR) is 74.1 cm³/mol. The topological polar surface area (TPSA) is 59.3 Å². The van der Waals surface area contributed by atoms with Gasteiger partial charge in [-0.1, -0.05) is 13.0 Å². The lowest BCUT2D eigenvalue weighted by atomic mass is 10.2. The maximum Gasteiger partial charge on any atom is 0.352 e. The van der Waals surface area contributed by atoms with Gasteiger partial charge in [0.25, 0.3) is 0 Å². The van der Waals surface area contributed by atoms with Crippen LogP contribution < -0.4 is 0 Å². The van der Waals surface area contributed by atoms with Gasteiger partial charge in [-0.15, -0.1) is 11.3 Å². The number of carbonyl (C=O) groups excluding carboxylic acids is 1. The number of Topliss-reactive ketones (excluding diaryl/α,β-unsaturated/α-hetero) is 1. The van der Waals surface area contributed by atoms with Gasteiger partial charge in [0, 0.05) is 16.6 Å². The Bertz CT molecular complexity index is 598. The molecule has 5 heteroatoms. The van der Waals surface area contributed by atoms with Gasteiger partial charge in [0.2, 0.25) is 0 Å². The SMILES string of the molecule is CCC(c1cccs1)n1cc(C(C)=O)cc1C(=O)O. The van der Waals surface area contributed by atoms with Gasteiger partial charge in [0.15, 0.2) is 5.78 Å². The fourth-order valence-corrected chi connectivity index (χ4v) is 3.03. The van der Waals surface area contributed by atoms with E-state index in [2.05, 4.69) is 0 Å². The van der Waals surface area contributed by atoms with E-state index in [9.17, 15) is 14.7 Å². The molecule has 0 radical (unpaired) electrons. The zero-order valence-electron chi connectivity index (χ0n) is 10.8. The minimum absolute atomic E-state index is 0.0424. The number of hydrogen-bond donors (Lipinski definition) is 1. The lowest BCUT2D eigenvalue weighted by molar-refractivity contribution is 0.0683. The highest BCUT2D eigenvalue weighted by Gasteiger charge is 2.21. The van der Waals surface area contributed by atoms with Crippen molar-refractivity contribution in [1.82, 2.24) is 4.57 Å². The van der Waals surface area contributed by atoms with Crippen LogP contribution in [0.15, 0.2) is 29.8 Å². The van der Waals surface area contributed by atoms with Crippen LogP contribution in [0.4, 0.5) is 0 Å². The summed E-state index contributed by atoms with van der Waals surface area (Å²) in [5.41, 5.74) is 0.595. The first-order valence-corrected chi connectivity index (χ1v) is 6.92. The van der Waals surface area contributed by atoms with Crippen molar-refractivity contribution in [3.8, 4) is 0 Å². The second-order valence-corrected chi connectivity index (χ2v) is 5.30. The van der Waals surface area contributed by atoms with Crippen LogP contribution in [0.25, 0.3) is 0 Å². The second kappa shape index (κ2) is 5.40. The number of carbonyl (C=O) groups is 2.